The summed E-state index contributed by atoms with van der Waals surface area (Å²) in [7, 11) is 0. The summed E-state index contributed by atoms with van der Waals surface area (Å²) in [5.74, 6) is 0.389. The van der Waals surface area contributed by atoms with Gasteiger partial charge in [0, 0.05) is 37.6 Å². The van der Waals surface area contributed by atoms with Crippen molar-refractivity contribution in [3.63, 3.8) is 0 Å². The lowest BCUT2D eigenvalue weighted by atomic mass is 10.0. The van der Waals surface area contributed by atoms with Crippen LogP contribution in [0.3, 0.4) is 0 Å². The van der Waals surface area contributed by atoms with Gasteiger partial charge in [-0.1, -0.05) is 56.3 Å². The largest absolute Gasteiger partial charge is 0.346 e. The van der Waals surface area contributed by atoms with Crippen LogP contribution in [0.15, 0.2) is 72.9 Å². The molecule has 0 spiro atoms. The van der Waals surface area contributed by atoms with Gasteiger partial charge in [0.15, 0.2) is 0 Å². The lowest BCUT2D eigenvalue weighted by Gasteiger charge is -2.32. The van der Waals surface area contributed by atoms with Gasteiger partial charge in [-0.25, -0.2) is 4.39 Å². The highest BCUT2D eigenvalue weighted by molar-refractivity contribution is 5.19. The van der Waals surface area contributed by atoms with Crippen molar-refractivity contribution in [3.8, 4) is 0 Å². The molecule has 2 nitrogen and oxygen atoms in total. The van der Waals surface area contributed by atoms with Crippen LogP contribution in [0, 0.1) is 11.7 Å². The Hall–Kier alpha value is -2.39. The first-order valence-corrected chi connectivity index (χ1v) is 9.69. The van der Waals surface area contributed by atoms with E-state index in [-0.39, 0.29) is 5.82 Å². The van der Waals surface area contributed by atoms with Crippen molar-refractivity contribution in [3.05, 3.63) is 95.6 Å². The highest BCUT2D eigenvalue weighted by atomic mass is 19.1. The van der Waals surface area contributed by atoms with Gasteiger partial charge >= 0.3 is 0 Å². The van der Waals surface area contributed by atoms with Gasteiger partial charge in [-0.2, -0.15) is 0 Å². The van der Waals surface area contributed by atoms with Crippen LogP contribution in [0.4, 0.5) is 4.39 Å². The first-order chi connectivity index (χ1) is 13.0. The normalized spacial score (nSPS) is 12.7. The Morgan fingerprint density at radius 2 is 1.52 bits per heavy atom. The summed E-state index contributed by atoms with van der Waals surface area (Å²) >= 11 is 0. The SMILES string of the molecule is CC(C)[C@@H](C)N(Cc1ccccc1)Cc1cccn1Cc1ccc(F)cc1. The Labute approximate surface area is 162 Å². The molecule has 2 aromatic carbocycles. The van der Waals surface area contributed by atoms with Crippen LogP contribution < -0.4 is 0 Å². The molecule has 3 heteroatoms. The van der Waals surface area contributed by atoms with E-state index in [9.17, 15) is 4.39 Å². The number of halogens is 1. The molecule has 3 aromatic rings. The number of hydrogen-bond acceptors (Lipinski definition) is 1. The molecule has 0 unspecified atom stereocenters. The quantitative estimate of drug-likeness (QED) is 0.496. The standard InChI is InChI=1S/C24H29FN2/c1-19(2)20(3)27(17-21-8-5-4-6-9-21)18-24-10-7-15-26(24)16-22-11-13-23(25)14-12-22/h4-15,19-20H,16-18H2,1-3H3/t20-/m1/s1. The van der Waals surface area contributed by atoms with Gasteiger partial charge in [-0.3, -0.25) is 4.90 Å². The second-order valence-electron chi connectivity index (χ2n) is 7.63. The summed E-state index contributed by atoms with van der Waals surface area (Å²) in [6.45, 7) is 9.45. The summed E-state index contributed by atoms with van der Waals surface area (Å²) in [5.41, 5.74) is 3.73. The van der Waals surface area contributed by atoms with Crippen molar-refractivity contribution < 1.29 is 4.39 Å². The lowest BCUT2D eigenvalue weighted by Crippen LogP contribution is -2.36. The number of hydrogen-bond donors (Lipinski definition) is 0. The molecule has 0 saturated carbocycles. The Morgan fingerprint density at radius 3 is 2.19 bits per heavy atom. The summed E-state index contributed by atoms with van der Waals surface area (Å²) in [4.78, 5) is 2.54. The second kappa shape index (κ2) is 9.01. The average Bonchev–Trinajstić information content (AvgIpc) is 3.10. The Morgan fingerprint density at radius 1 is 0.815 bits per heavy atom. The molecule has 0 amide bonds. The lowest BCUT2D eigenvalue weighted by molar-refractivity contribution is 0.148. The van der Waals surface area contributed by atoms with Crippen molar-refractivity contribution in [1.82, 2.24) is 9.47 Å². The van der Waals surface area contributed by atoms with Crippen LogP contribution in [0.5, 0.6) is 0 Å². The molecule has 0 aliphatic rings. The van der Waals surface area contributed by atoms with Gasteiger partial charge < -0.3 is 4.57 Å². The molecule has 3 rings (SSSR count). The molecule has 0 aliphatic heterocycles. The molecule has 27 heavy (non-hydrogen) atoms. The van der Waals surface area contributed by atoms with Crippen molar-refractivity contribution in [1.29, 1.82) is 0 Å². The maximum absolute atomic E-state index is 13.2. The minimum absolute atomic E-state index is 0.189. The molecule has 142 valence electrons. The van der Waals surface area contributed by atoms with Crippen molar-refractivity contribution in [2.75, 3.05) is 0 Å². The Bertz CT molecular complexity index is 821. The summed E-state index contributed by atoms with van der Waals surface area (Å²) in [6.07, 6.45) is 2.11. The minimum atomic E-state index is -0.189. The van der Waals surface area contributed by atoms with E-state index < -0.39 is 0 Å². The van der Waals surface area contributed by atoms with E-state index in [0.717, 1.165) is 25.2 Å². The maximum atomic E-state index is 13.2. The third-order valence-corrected chi connectivity index (χ3v) is 5.32. The highest BCUT2D eigenvalue weighted by Gasteiger charge is 2.19. The van der Waals surface area contributed by atoms with Crippen LogP contribution >= 0.6 is 0 Å². The summed E-state index contributed by atoms with van der Waals surface area (Å²) in [5, 5.41) is 0. The number of nitrogens with zero attached hydrogens (tertiary/aromatic N) is 2. The molecular weight excluding hydrogens is 335 g/mol. The summed E-state index contributed by atoms with van der Waals surface area (Å²) in [6, 6.07) is 22.2. The van der Waals surface area contributed by atoms with E-state index in [2.05, 4.69) is 78.9 Å². The van der Waals surface area contributed by atoms with Crippen LogP contribution in [-0.4, -0.2) is 15.5 Å². The molecule has 1 atom stereocenters. The first kappa shape index (κ1) is 19.4. The zero-order chi connectivity index (χ0) is 19.2. The molecule has 0 aliphatic carbocycles. The third kappa shape index (κ3) is 5.30. The van der Waals surface area contributed by atoms with E-state index in [1.807, 2.05) is 12.1 Å². The number of benzene rings is 2. The van der Waals surface area contributed by atoms with E-state index in [1.165, 1.54) is 23.4 Å². The van der Waals surface area contributed by atoms with Crippen LogP contribution in [0.1, 0.15) is 37.6 Å². The first-order valence-electron chi connectivity index (χ1n) is 9.69. The fraction of sp³-hybridized carbons (Fsp3) is 0.333. The predicted molar refractivity (Wildman–Crippen MR) is 110 cm³/mol. The molecule has 0 N–H and O–H groups in total. The predicted octanol–water partition coefficient (Wildman–Crippen LogP) is 5.72. The van der Waals surface area contributed by atoms with Crippen LogP contribution in [0.2, 0.25) is 0 Å². The van der Waals surface area contributed by atoms with E-state index in [0.29, 0.717) is 12.0 Å². The van der Waals surface area contributed by atoms with Gasteiger partial charge in [0.2, 0.25) is 0 Å². The number of rotatable bonds is 8. The van der Waals surface area contributed by atoms with E-state index in [4.69, 9.17) is 0 Å². The van der Waals surface area contributed by atoms with Gasteiger partial charge in [0.25, 0.3) is 0 Å². The Balaban J connectivity index is 1.77. The molecular formula is C24H29FN2. The van der Waals surface area contributed by atoms with E-state index >= 15 is 0 Å². The highest BCUT2D eigenvalue weighted by Crippen LogP contribution is 2.19. The Kier molecular flexibility index (Phi) is 6.46. The smallest absolute Gasteiger partial charge is 0.123 e. The van der Waals surface area contributed by atoms with Gasteiger partial charge in [0.05, 0.1) is 0 Å². The molecule has 0 saturated heterocycles. The van der Waals surface area contributed by atoms with E-state index in [1.54, 1.807) is 0 Å². The molecule has 0 bridgehead atoms. The monoisotopic (exact) mass is 364 g/mol. The molecule has 0 radical (unpaired) electrons. The second-order valence-corrected chi connectivity index (χ2v) is 7.63. The van der Waals surface area contributed by atoms with Crippen molar-refractivity contribution in [2.45, 2.75) is 46.4 Å². The van der Waals surface area contributed by atoms with Gasteiger partial charge in [-0.05, 0) is 48.2 Å². The molecule has 0 fully saturated rings. The molecule has 1 heterocycles. The topological polar surface area (TPSA) is 8.17 Å². The van der Waals surface area contributed by atoms with Gasteiger partial charge in [0.1, 0.15) is 5.82 Å². The molecule has 1 aromatic heterocycles. The number of aromatic nitrogens is 1. The zero-order valence-corrected chi connectivity index (χ0v) is 16.5. The average molecular weight is 365 g/mol. The van der Waals surface area contributed by atoms with Crippen molar-refractivity contribution in [2.24, 2.45) is 5.92 Å². The van der Waals surface area contributed by atoms with Crippen LogP contribution in [0.25, 0.3) is 0 Å². The summed E-state index contributed by atoms with van der Waals surface area (Å²) < 4.78 is 15.4. The third-order valence-electron chi connectivity index (χ3n) is 5.32. The maximum Gasteiger partial charge on any atom is 0.123 e. The zero-order valence-electron chi connectivity index (χ0n) is 16.5. The van der Waals surface area contributed by atoms with Gasteiger partial charge in [-0.15, -0.1) is 0 Å². The fourth-order valence-corrected chi connectivity index (χ4v) is 3.33. The van der Waals surface area contributed by atoms with Crippen LogP contribution in [-0.2, 0) is 19.6 Å². The van der Waals surface area contributed by atoms with Crippen molar-refractivity contribution >= 4 is 0 Å². The fourth-order valence-electron chi connectivity index (χ4n) is 3.33. The minimum Gasteiger partial charge on any atom is -0.346 e.